The van der Waals surface area contributed by atoms with Crippen LogP contribution in [0.1, 0.15) is 17.2 Å². The number of likely N-dealkylation sites (tertiary alicyclic amines) is 1. The number of Topliss-reactive ketones (excluding diaryl/α,β-unsaturated/α-hetero) is 1. The fourth-order valence-corrected chi connectivity index (χ4v) is 3.48. The van der Waals surface area contributed by atoms with E-state index in [2.05, 4.69) is 19.7 Å². The van der Waals surface area contributed by atoms with Crippen molar-refractivity contribution in [3.05, 3.63) is 103 Å². The molecule has 0 bridgehead atoms. The monoisotopic (exact) mass is 431 g/mol. The van der Waals surface area contributed by atoms with Crippen molar-refractivity contribution in [2.24, 2.45) is 0 Å². The second-order valence-electron chi connectivity index (χ2n) is 7.03. The Morgan fingerprint density at radius 3 is 1.91 bits per heavy atom. The number of carbonyl (C=O) groups excluding carboxylic acids is 2. The molecule has 1 aliphatic heterocycles. The molecule has 1 N–H and O–H groups in total. The Kier molecular flexibility index (Phi) is 7.29. The molecule has 1 fully saturated rings. The minimum atomic E-state index is -0.752. The maximum Gasteiger partial charge on any atom is 0.295 e. The number of benzene rings is 2. The molecule has 32 heavy (non-hydrogen) atoms. The van der Waals surface area contributed by atoms with Crippen LogP contribution in [0.25, 0.3) is 5.76 Å². The van der Waals surface area contributed by atoms with Crippen molar-refractivity contribution in [3.63, 3.8) is 0 Å². The Labute approximate surface area is 187 Å². The van der Waals surface area contributed by atoms with Crippen molar-refractivity contribution in [1.29, 1.82) is 0 Å². The molecular formula is C26H25NO5. The zero-order chi connectivity index (χ0) is 23.1. The molecule has 0 radical (unpaired) electrons. The summed E-state index contributed by atoms with van der Waals surface area (Å²) in [5.41, 5.74) is 1.10. The zero-order valence-corrected chi connectivity index (χ0v) is 17.7. The maximum absolute atomic E-state index is 12.9. The topological polar surface area (TPSA) is 76.1 Å². The maximum atomic E-state index is 12.9. The summed E-state index contributed by atoms with van der Waals surface area (Å²) in [4.78, 5) is 27.0. The lowest BCUT2D eigenvalue weighted by Crippen LogP contribution is -2.29. The molecule has 2 aromatic carbocycles. The van der Waals surface area contributed by atoms with Gasteiger partial charge in [0.25, 0.3) is 11.7 Å². The Morgan fingerprint density at radius 1 is 0.875 bits per heavy atom. The largest absolute Gasteiger partial charge is 0.507 e. The van der Waals surface area contributed by atoms with E-state index >= 15 is 0 Å². The summed E-state index contributed by atoms with van der Waals surface area (Å²) in [7, 11) is 0. The van der Waals surface area contributed by atoms with Gasteiger partial charge < -0.3 is 19.5 Å². The molecule has 1 saturated heterocycles. The fourth-order valence-electron chi connectivity index (χ4n) is 3.48. The number of ketones is 1. The first-order valence-electron chi connectivity index (χ1n) is 10.1. The van der Waals surface area contributed by atoms with Gasteiger partial charge in [-0.15, -0.1) is 6.58 Å². The number of amides is 1. The molecule has 0 aliphatic carbocycles. The van der Waals surface area contributed by atoms with Gasteiger partial charge in [-0.25, -0.2) is 0 Å². The molecule has 1 amide bonds. The van der Waals surface area contributed by atoms with Crippen LogP contribution in [-0.2, 0) is 9.59 Å². The standard InChI is InChI=1S/C26H25NO5/c1-4-15-27-23(18-7-11-20(12-8-18)31-16-5-2)22(25(29)26(27)30)24(28)19-9-13-21(14-10-19)32-17-6-3/h4-14,23,28H,1-3,15-17H2/t23-/m1/s1. The van der Waals surface area contributed by atoms with E-state index in [1.54, 1.807) is 66.8 Å². The number of aliphatic hydroxyl groups is 1. The van der Waals surface area contributed by atoms with Crippen LogP contribution in [0.4, 0.5) is 0 Å². The lowest BCUT2D eigenvalue weighted by atomic mass is 9.95. The van der Waals surface area contributed by atoms with Gasteiger partial charge in [0.15, 0.2) is 0 Å². The van der Waals surface area contributed by atoms with E-state index in [-0.39, 0.29) is 17.9 Å². The third-order valence-electron chi connectivity index (χ3n) is 4.93. The lowest BCUT2D eigenvalue weighted by Gasteiger charge is -2.24. The Balaban J connectivity index is 2.03. The molecule has 0 saturated carbocycles. The van der Waals surface area contributed by atoms with Crippen LogP contribution in [0.3, 0.4) is 0 Å². The number of ether oxygens (including phenoxy) is 2. The van der Waals surface area contributed by atoms with E-state index in [1.165, 1.54) is 4.90 Å². The molecule has 0 unspecified atom stereocenters. The first-order valence-corrected chi connectivity index (χ1v) is 10.1. The van der Waals surface area contributed by atoms with Gasteiger partial charge in [0.05, 0.1) is 11.6 Å². The van der Waals surface area contributed by atoms with Gasteiger partial charge >= 0.3 is 0 Å². The fraction of sp³-hybridized carbons (Fsp3) is 0.154. The van der Waals surface area contributed by atoms with Crippen molar-refractivity contribution in [3.8, 4) is 11.5 Å². The third-order valence-corrected chi connectivity index (χ3v) is 4.93. The van der Waals surface area contributed by atoms with Crippen molar-refractivity contribution in [2.75, 3.05) is 19.8 Å². The van der Waals surface area contributed by atoms with Crippen molar-refractivity contribution in [2.45, 2.75) is 6.04 Å². The summed E-state index contributed by atoms with van der Waals surface area (Å²) >= 11 is 0. The highest BCUT2D eigenvalue weighted by molar-refractivity contribution is 6.46. The molecule has 1 atom stereocenters. The number of nitrogens with zero attached hydrogens (tertiary/aromatic N) is 1. The van der Waals surface area contributed by atoms with Gasteiger partial charge in [-0.3, -0.25) is 9.59 Å². The molecule has 1 heterocycles. The van der Waals surface area contributed by atoms with Crippen LogP contribution >= 0.6 is 0 Å². The van der Waals surface area contributed by atoms with Crippen LogP contribution in [0.2, 0.25) is 0 Å². The van der Waals surface area contributed by atoms with E-state index in [9.17, 15) is 14.7 Å². The molecule has 6 heteroatoms. The van der Waals surface area contributed by atoms with Gasteiger partial charge in [-0.2, -0.15) is 0 Å². The summed E-state index contributed by atoms with van der Waals surface area (Å²) in [5.74, 6) is -0.450. The number of rotatable bonds is 10. The van der Waals surface area contributed by atoms with E-state index in [0.717, 1.165) is 0 Å². The van der Waals surface area contributed by atoms with E-state index < -0.39 is 17.7 Å². The van der Waals surface area contributed by atoms with Crippen LogP contribution in [0, 0.1) is 0 Å². The number of hydrogen-bond donors (Lipinski definition) is 1. The van der Waals surface area contributed by atoms with Crippen LogP contribution in [-0.4, -0.2) is 41.5 Å². The molecule has 0 aromatic heterocycles. The van der Waals surface area contributed by atoms with Crippen molar-refractivity contribution >= 4 is 17.4 Å². The minimum Gasteiger partial charge on any atom is -0.507 e. The molecule has 164 valence electrons. The quantitative estimate of drug-likeness (QED) is 0.261. The van der Waals surface area contributed by atoms with E-state index in [4.69, 9.17) is 9.47 Å². The van der Waals surface area contributed by atoms with Crippen LogP contribution in [0.15, 0.2) is 92.1 Å². The average Bonchev–Trinajstić information content (AvgIpc) is 3.07. The van der Waals surface area contributed by atoms with Crippen LogP contribution in [0.5, 0.6) is 11.5 Å². The predicted molar refractivity (Wildman–Crippen MR) is 123 cm³/mol. The van der Waals surface area contributed by atoms with E-state index in [1.807, 2.05) is 0 Å². The first-order chi connectivity index (χ1) is 15.5. The SMILES string of the molecule is C=CCOc1ccc(C(O)=C2C(=O)C(=O)N(CC=C)[C@@H]2c2ccc(OCC=C)cc2)cc1. The highest BCUT2D eigenvalue weighted by atomic mass is 16.5. The average molecular weight is 431 g/mol. The molecule has 2 aromatic rings. The summed E-state index contributed by atoms with van der Waals surface area (Å²) in [6.07, 6.45) is 4.81. The van der Waals surface area contributed by atoms with Gasteiger partial charge in [-0.05, 0) is 42.0 Å². The van der Waals surface area contributed by atoms with E-state index in [0.29, 0.717) is 35.8 Å². The second-order valence-corrected chi connectivity index (χ2v) is 7.03. The highest BCUT2D eigenvalue weighted by Crippen LogP contribution is 2.39. The van der Waals surface area contributed by atoms with Gasteiger partial charge in [0.2, 0.25) is 0 Å². The molecular weight excluding hydrogens is 406 g/mol. The number of aliphatic hydroxyl groups excluding tert-OH is 1. The second kappa shape index (κ2) is 10.3. The molecule has 0 spiro atoms. The summed E-state index contributed by atoms with van der Waals surface area (Å²) in [6.45, 7) is 11.8. The smallest absolute Gasteiger partial charge is 0.295 e. The highest BCUT2D eigenvalue weighted by Gasteiger charge is 2.45. The predicted octanol–water partition coefficient (Wildman–Crippen LogP) is 4.42. The van der Waals surface area contributed by atoms with Crippen molar-refractivity contribution < 1.29 is 24.2 Å². The van der Waals surface area contributed by atoms with Gasteiger partial charge in [0.1, 0.15) is 30.5 Å². The zero-order valence-electron chi connectivity index (χ0n) is 17.7. The number of carbonyl (C=O) groups is 2. The third kappa shape index (κ3) is 4.64. The Hall–Kier alpha value is -4.06. The summed E-state index contributed by atoms with van der Waals surface area (Å²) in [5, 5.41) is 11.0. The normalized spacial score (nSPS) is 17.1. The van der Waals surface area contributed by atoms with Crippen LogP contribution < -0.4 is 9.47 Å². The Morgan fingerprint density at radius 2 is 1.41 bits per heavy atom. The van der Waals surface area contributed by atoms with Gasteiger partial charge in [-0.1, -0.05) is 43.5 Å². The first kappa shape index (κ1) is 22.6. The Bertz CT molecular complexity index is 1050. The minimum absolute atomic E-state index is 0.0244. The summed E-state index contributed by atoms with van der Waals surface area (Å²) < 4.78 is 11.0. The molecule has 6 nitrogen and oxygen atoms in total. The number of hydrogen-bond acceptors (Lipinski definition) is 5. The molecule has 1 aliphatic rings. The lowest BCUT2D eigenvalue weighted by molar-refractivity contribution is -0.139. The van der Waals surface area contributed by atoms with Gasteiger partial charge in [0, 0.05) is 12.1 Å². The summed E-state index contributed by atoms with van der Waals surface area (Å²) in [6, 6.07) is 12.9. The molecule has 3 rings (SSSR count). The van der Waals surface area contributed by atoms with Crippen molar-refractivity contribution in [1.82, 2.24) is 4.90 Å².